The zero-order chi connectivity index (χ0) is 25.5. The van der Waals surface area contributed by atoms with Crippen molar-refractivity contribution in [2.24, 2.45) is 11.8 Å². The van der Waals surface area contributed by atoms with Gasteiger partial charge in [-0.05, 0) is 86.3 Å². The SMILES string of the molecule is O=C(OC[C@@H](O)[C@@H](O)CO)c1ccc(CCC[C@@H]2[C@@H](CCc3cc(Cl)cc(Cl)c3)[C@H](O)C[C@H]2Cl)s1. The summed E-state index contributed by atoms with van der Waals surface area (Å²) in [6.45, 7) is -1.00. The summed E-state index contributed by atoms with van der Waals surface area (Å²) in [5.41, 5.74) is 1.04. The molecule has 2 aromatic rings. The fourth-order valence-electron chi connectivity index (χ4n) is 4.62. The van der Waals surface area contributed by atoms with E-state index in [1.54, 1.807) is 12.1 Å². The number of carbonyl (C=O) groups excluding carboxylic acids is 1. The third-order valence-corrected chi connectivity index (χ3v) is 8.57. The molecule has 1 fully saturated rings. The van der Waals surface area contributed by atoms with Gasteiger partial charge in [0.05, 0.1) is 12.7 Å². The lowest BCUT2D eigenvalue weighted by molar-refractivity contribution is -0.0466. The molecule has 0 bridgehead atoms. The standard InChI is InChI=1S/C25H31Cl3O6S/c26-15-8-14(9-16(27)10-15)4-6-19-18(20(28)11-21(19)30)3-1-2-17-5-7-24(35-17)25(33)34-13-23(32)22(31)12-29/h5,7-10,18-23,29-32H,1-4,6,11-13H2/t18-,19-,20-,21-,22+,23-/m1/s1. The molecule has 3 rings (SSSR count). The second kappa shape index (κ2) is 13.6. The van der Waals surface area contributed by atoms with Crippen molar-refractivity contribution >= 4 is 52.1 Å². The lowest BCUT2D eigenvalue weighted by Gasteiger charge is -2.23. The lowest BCUT2D eigenvalue weighted by Crippen LogP contribution is -2.34. The maximum Gasteiger partial charge on any atom is 0.348 e. The largest absolute Gasteiger partial charge is 0.459 e. The Hall–Kier alpha value is -0.900. The number of carbonyl (C=O) groups is 1. The number of rotatable bonds is 12. The summed E-state index contributed by atoms with van der Waals surface area (Å²) in [5.74, 6) is -0.277. The highest BCUT2D eigenvalue weighted by atomic mass is 35.5. The number of aryl methyl sites for hydroxylation is 2. The highest BCUT2D eigenvalue weighted by Crippen LogP contribution is 2.42. The molecule has 1 saturated carbocycles. The molecule has 1 aliphatic rings. The molecule has 194 valence electrons. The Kier molecular flexibility index (Phi) is 11.1. The normalized spacial score (nSPS) is 23.9. The molecule has 1 aliphatic carbocycles. The van der Waals surface area contributed by atoms with Gasteiger partial charge in [0, 0.05) is 20.3 Å². The summed E-state index contributed by atoms with van der Waals surface area (Å²) in [4.78, 5) is 13.6. The first-order valence-electron chi connectivity index (χ1n) is 11.7. The van der Waals surface area contributed by atoms with E-state index in [4.69, 9.17) is 44.6 Å². The zero-order valence-corrected chi connectivity index (χ0v) is 22.2. The van der Waals surface area contributed by atoms with Crippen LogP contribution < -0.4 is 0 Å². The van der Waals surface area contributed by atoms with Crippen molar-refractivity contribution in [2.75, 3.05) is 13.2 Å². The summed E-state index contributed by atoms with van der Waals surface area (Å²) >= 11 is 20.2. The van der Waals surface area contributed by atoms with Crippen LogP contribution in [0.1, 0.15) is 45.8 Å². The predicted molar refractivity (Wildman–Crippen MR) is 139 cm³/mol. The minimum Gasteiger partial charge on any atom is -0.459 e. The molecular weight excluding hydrogens is 535 g/mol. The monoisotopic (exact) mass is 564 g/mol. The first-order chi connectivity index (χ1) is 16.7. The fourth-order valence-corrected chi connectivity index (χ4v) is 6.63. The van der Waals surface area contributed by atoms with Crippen LogP contribution in [0.2, 0.25) is 10.0 Å². The molecule has 0 spiro atoms. The minimum absolute atomic E-state index is 0.0764. The lowest BCUT2D eigenvalue weighted by atomic mass is 9.85. The third kappa shape index (κ3) is 8.30. The quantitative estimate of drug-likeness (QED) is 0.223. The van der Waals surface area contributed by atoms with Crippen LogP contribution in [0.4, 0.5) is 0 Å². The van der Waals surface area contributed by atoms with Crippen LogP contribution in [-0.4, -0.2) is 63.3 Å². The Morgan fingerprint density at radius 1 is 1.06 bits per heavy atom. The van der Waals surface area contributed by atoms with Crippen molar-refractivity contribution in [2.45, 2.75) is 62.2 Å². The van der Waals surface area contributed by atoms with Gasteiger partial charge in [-0.15, -0.1) is 22.9 Å². The van der Waals surface area contributed by atoms with Crippen molar-refractivity contribution < 1.29 is 30.0 Å². The number of hydrogen-bond donors (Lipinski definition) is 4. The van der Waals surface area contributed by atoms with Crippen molar-refractivity contribution in [3.05, 3.63) is 55.7 Å². The van der Waals surface area contributed by atoms with Gasteiger partial charge in [-0.25, -0.2) is 4.79 Å². The van der Waals surface area contributed by atoms with Crippen LogP contribution in [-0.2, 0) is 17.6 Å². The van der Waals surface area contributed by atoms with Gasteiger partial charge in [-0.3, -0.25) is 0 Å². The van der Waals surface area contributed by atoms with Crippen LogP contribution in [0.15, 0.2) is 30.3 Å². The van der Waals surface area contributed by atoms with Crippen LogP contribution in [0.5, 0.6) is 0 Å². The van der Waals surface area contributed by atoms with E-state index in [1.807, 2.05) is 18.2 Å². The van der Waals surface area contributed by atoms with E-state index in [0.29, 0.717) is 21.3 Å². The number of halogens is 3. The molecule has 0 radical (unpaired) electrons. The Bertz CT molecular complexity index is 950. The van der Waals surface area contributed by atoms with Crippen LogP contribution >= 0.6 is 46.1 Å². The number of alkyl halides is 1. The summed E-state index contributed by atoms with van der Waals surface area (Å²) in [6.07, 6.45) is 1.55. The first-order valence-corrected chi connectivity index (χ1v) is 13.7. The molecule has 1 heterocycles. The molecule has 6 nitrogen and oxygen atoms in total. The highest BCUT2D eigenvalue weighted by molar-refractivity contribution is 7.13. The van der Waals surface area contributed by atoms with Gasteiger partial charge in [-0.2, -0.15) is 0 Å². The van der Waals surface area contributed by atoms with E-state index in [-0.39, 0.29) is 17.2 Å². The van der Waals surface area contributed by atoms with Crippen LogP contribution in [0.25, 0.3) is 0 Å². The first kappa shape index (κ1) is 28.7. The Labute approximate surface area is 224 Å². The Morgan fingerprint density at radius 3 is 2.46 bits per heavy atom. The van der Waals surface area contributed by atoms with Crippen LogP contribution in [0.3, 0.4) is 0 Å². The smallest absolute Gasteiger partial charge is 0.348 e. The molecule has 1 aromatic carbocycles. The average molecular weight is 566 g/mol. The minimum atomic E-state index is -1.35. The van der Waals surface area contributed by atoms with Gasteiger partial charge in [0.1, 0.15) is 23.7 Å². The van der Waals surface area contributed by atoms with Gasteiger partial charge in [-0.1, -0.05) is 23.2 Å². The van der Waals surface area contributed by atoms with E-state index >= 15 is 0 Å². The molecule has 35 heavy (non-hydrogen) atoms. The van der Waals surface area contributed by atoms with E-state index < -0.39 is 37.5 Å². The maximum atomic E-state index is 12.2. The van der Waals surface area contributed by atoms with Crippen molar-refractivity contribution in [1.29, 1.82) is 0 Å². The zero-order valence-electron chi connectivity index (χ0n) is 19.2. The topological polar surface area (TPSA) is 107 Å². The molecular formula is C25H31Cl3O6S. The molecule has 0 unspecified atom stereocenters. The predicted octanol–water partition coefficient (Wildman–Crippen LogP) is 4.49. The maximum absolute atomic E-state index is 12.2. The number of aliphatic hydroxyl groups excluding tert-OH is 4. The van der Waals surface area contributed by atoms with Gasteiger partial charge < -0.3 is 25.2 Å². The second-order valence-electron chi connectivity index (χ2n) is 9.04. The fraction of sp³-hybridized carbons (Fsp3) is 0.560. The summed E-state index contributed by atoms with van der Waals surface area (Å²) in [7, 11) is 0. The molecule has 1 aromatic heterocycles. The molecule has 4 N–H and O–H groups in total. The Balaban J connectivity index is 1.48. The number of esters is 1. The van der Waals surface area contributed by atoms with E-state index in [1.165, 1.54) is 11.3 Å². The summed E-state index contributed by atoms with van der Waals surface area (Å²) in [5, 5.41) is 39.5. The van der Waals surface area contributed by atoms with Gasteiger partial charge in [0.25, 0.3) is 0 Å². The number of hydrogen-bond acceptors (Lipinski definition) is 7. The third-order valence-electron chi connectivity index (χ3n) is 6.50. The van der Waals surface area contributed by atoms with Crippen molar-refractivity contribution in [1.82, 2.24) is 0 Å². The summed E-state index contributed by atoms with van der Waals surface area (Å²) in [6, 6.07) is 9.06. The van der Waals surface area contributed by atoms with Gasteiger partial charge in [0.2, 0.25) is 0 Å². The number of ether oxygens (including phenoxy) is 1. The number of thiophene rings is 1. The number of benzene rings is 1. The molecule has 0 saturated heterocycles. The number of aliphatic hydroxyl groups is 4. The van der Waals surface area contributed by atoms with Gasteiger partial charge >= 0.3 is 5.97 Å². The highest BCUT2D eigenvalue weighted by Gasteiger charge is 2.40. The summed E-state index contributed by atoms with van der Waals surface area (Å²) < 4.78 is 5.02. The molecule has 0 amide bonds. The average Bonchev–Trinajstić information content (AvgIpc) is 3.38. The molecule has 0 aliphatic heterocycles. The van der Waals surface area contributed by atoms with Crippen LogP contribution in [0, 0.1) is 11.8 Å². The second-order valence-corrected chi connectivity index (χ2v) is 11.6. The van der Waals surface area contributed by atoms with E-state index in [9.17, 15) is 20.1 Å². The molecule has 10 heteroatoms. The van der Waals surface area contributed by atoms with E-state index in [2.05, 4.69) is 0 Å². The van der Waals surface area contributed by atoms with Gasteiger partial charge in [0.15, 0.2) is 0 Å². The van der Waals surface area contributed by atoms with Crippen molar-refractivity contribution in [3.8, 4) is 0 Å². The Morgan fingerprint density at radius 2 is 1.77 bits per heavy atom. The van der Waals surface area contributed by atoms with Crippen molar-refractivity contribution in [3.63, 3.8) is 0 Å². The molecule has 6 atom stereocenters. The van der Waals surface area contributed by atoms with E-state index in [0.717, 1.165) is 42.5 Å².